The largest absolute Gasteiger partial charge is 0.495 e. The summed E-state index contributed by atoms with van der Waals surface area (Å²) in [7, 11) is 1.59. The van der Waals surface area contributed by atoms with Crippen molar-refractivity contribution in [3.63, 3.8) is 0 Å². The van der Waals surface area contributed by atoms with E-state index in [1.807, 2.05) is 43.3 Å². The molecule has 2 rings (SSSR count). The minimum atomic E-state index is -0.0346. The summed E-state index contributed by atoms with van der Waals surface area (Å²) >= 11 is 6.13. The summed E-state index contributed by atoms with van der Waals surface area (Å²) in [5, 5.41) is 12.7. The molecular weight excluding hydrogens is 330 g/mol. The van der Waals surface area contributed by atoms with Gasteiger partial charge in [-0.25, -0.2) is 0 Å². The number of anilines is 1. The van der Waals surface area contributed by atoms with E-state index in [-0.39, 0.29) is 13.2 Å². The van der Waals surface area contributed by atoms with E-state index in [0.717, 1.165) is 11.3 Å². The highest BCUT2D eigenvalue weighted by atomic mass is 35.5. The minimum absolute atomic E-state index is 0.0346. The van der Waals surface area contributed by atoms with Crippen LogP contribution in [-0.2, 0) is 6.54 Å². The van der Waals surface area contributed by atoms with Crippen LogP contribution in [0.15, 0.2) is 36.4 Å². The fourth-order valence-corrected chi connectivity index (χ4v) is 2.44. The first-order valence-electron chi connectivity index (χ1n) is 7.74. The average molecular weight is 352 g/mol. The molecule has 0 heterocycles. The predicted molar refractivity (Wildman–Crippen MR) is 95.5 cm³/mol. The van der Waals surface area contributed by atoms with E-state index in [9.17, 15) is 0 Å². The van der Waals surface area contributed by atoms with Gasteiger partial charge >= 0.3 is 0 Å². The number of halogens is 1. The number of nitrogens with one attached hydrogen (secondary N) is 1. The van der Waals surface area contributed by atoms with Gasteiger partial charge in [0.1, 0.15) is 12.4 Å². The Morgan fingerprint density at radius 1 is 1.04 bits per heavy atom. The number of aliphatic hydroxyl groups excluding tert-OH is 1. The normalized spacial score (nSPS) is 10.3. The van der Waals surface area contributed by atoms with Crippen molar-refractivity contribution in [2.45, 2.75) is 13.5 Å². The van der Waals surface area contributed by atoms with Gasteiger partial charge in [0.25, 0.3) is 0 Å². The van der Waals surface area contributed by atoms with Gasteiger partial charge in [-0.1, -0.05) is 17.7 Å². The third-order valence-electron chi connectivity index (χ3n) is 3.31. The Balaban J connectivity index is 2.06. The third-order valence-corrected chi connectivity index (χ3v) is 3.60. The fourth-order valence-electron chi connectivity index (χ4n) is 2.19. The first kappa shape index (κ1) is 18.2. The van der Waals surface area contributed by atoms with Crippen LogP contribution in [0.3, 0.4) is 0 Å². The van der Waals surface area contributed by atoms with Crippen molar-refractivity contribution in [2.75, 3.05) is 32.2 Å². The van der Waals surface area contributed by atoms with Crippen molar-refractivity contribution < 1.29 is 19.3 Å². The number of hydrogen-bond donors (Lipinski definition) is 2. The molecule has 130 valence electrons. The quantitative estimate of drug-likeness (QED) is 0.720. The molecule has 0 fully saturated rings. The summed E-state index contributed by atoms with van der Waals surface area (Å²) in [6.07, 6.45) is 0. The molecule has 2 N–H and O–H groups in total. The van der Waals surface area contributed by atoms with Gasteiger partial charge in [0.2, 0.25) is 0 Å². The van der Waals surface area contributed by atoms with Crippen molar-refractivity contribution in [2.24, 2.45) is 0 Å². The highest BCUT2D eigenvalue weighted by Crippen LogP contribution is 2.30. The van der Waals surface area contributed by atoms with Crippen LogP contribution in [0.2, 0.25) is 5.02 Å². The van der Waals surface area contributed by atoms with Gasteiger partial charge in [-0.15, -0.1) is 0 Å². The van der Waals surface area contributed by atoms with Gasteiger partial charge in [-0.05, 0) is 42.8 Å². The zero-order valence-electron chi connectivity index (χ0n) is 13.8. The average Bonchev–Trinajstić information content (AvgIpc) is 2.59. The molecule has 0 aromatic heterocycles. The number of ether oxygens (including phenoxy) is 3. The van der Waals surface area contributed by atoms with Gasteiger partial charge in [0.05, 0.1) is 25.3 Å². The lowest BCUT2D eigenvalue weighted by Gasteiger charge is -2.14. The van der Waals surface area contributed by atoms with Crippen LogP contribution in [-0.4, -0.2) is 32.0 Å². The number of benzene rings is 2. The molecule has 5 nitrogen and oxygen atoms in total. The maximum absolute atomic E-state index is 8.88. The smallest absolute Gasteiger partial charge is 0.161 e. The lowest BCUT2D eigenvalue weighted by Crippen LogP contribution is -2.05. The summed E-state index contributed by atoms with van der Waals surface area (Å²) in [6.45, 7) is 3.28. The lowest BCUT2D eigenvalue weighted by molar-refractivity contribution is 0.194. The SMILES string of the molecule is CCOc1cc(CNc2ccc(OC)c(Cl)c2)ccc1OCCO. The van der Waals surface area contributed by atoms with E-state index in [1.165, 1.54) is 0 Å². The molecule has 0 aliphatic carbocycles. The number of hydrogen-bond acceptors (Lipinski definition) is 5. The van der Waals surface area contributed by atoms with E-state index in [0.29, 0.717) is 35.4 Å². The molecule has 0 unspecified atom stereocenters. The summed E-state index contributed by atoms with van der Waals surface area (Å²) in [4.78, 5) is 0. The third kappa shape index (κ3) is 4.94. The van der Waals surface area contributed by atoms with Gasteiger partial charge < -0.3 is 24.6 Å². The summed E-state index contributed by atoms with van der Waals surface area (Å²) < 4.78 is 16.2. The van der Waals surface area contributed by atoms with E-state index in [2.05, 4.69) is 5.32 Å². The van der Waals surface area contributed by atoms with E-state index in [1.54, 1.807) is 7.11 Å². The monoisotopic (exact) mass is 351 g/mol. The van der Waals surface area contributed by atoms with E-state index < -0.39 is 0 Å². The Hall–Kier alpha value is -2.11. The molecule has 0 saturated heterocycles. The van der Waals surface area contributed by atoms with Crippen LogP contribution in [0.25, 0.3) is 0 Å². The van der Waals surface area contributed by atoms with E-state index >= 15 is 0 Å². The molecule has 0 bridgehead atoms. The van der Waals surface area contributed by atoms with Crippen molar-refractivity contribution in [3.8, 4) is 17.2 Å². The highest BCUT2D eigenvalue weighted by molar-refractivity contribution is 6.32. The topological polar surface area (TPSA) is 60.0 Å². The van der Waals surface area contributed by atoms with E-state index in [4.69, 9.17) is 30.9 Å². The fraction of sp³-hybridized carbons (Fsp3) is 0.333. The molecule has 0 saturated carbocycles. The molecular formula is C18H22ClNO4. The minimum Gasteiger partial charge on any atom is -0.495 e. The Labute approximate surface area is 147 Å². The zero-order valence-corrected chi connectivity index (χ0v) is 14.6. The first-order chi connectivity index (χ1) is 11.7. The summed E-state index contributed by atoms with van der Waals surface area (Å²) in [5.41, 5.74) is 1.95. The molecule has 6 heteroatoms. The van der Waals surface area contributed by atoms with Crippen LogP contribution >= 0.6 is 11.6 Å². The number of rotatable bonds is 9. The zero-order chi connectivity index (χ0) is 17.4. The predicted octanol–water partition coefficient (Wildman–Crippen LogP) is 3.73. The van der Waals surface area contributed by atoms with Gasteiger partial charge in [-0.3, -0.25) is 0 Å². The van der Waals surface area contributed by atoms with Crippen LogP contribution < -0.4 is 19.5 Å². The second-order valence-electron chi connectivity index (χ2n) is 4.99. The van der Waals surface area contributed by atoms with Crippen molar-refractivity contribution in [3.05, 3.63) is 47.0 Å². The standard InChI is InChI=1S/C18H22ClNO4/c1-3-23-18-10-13(4-6-17(18)24-9-8-21)12-20-14-5-7-16(22-2)15(19)11-14/h4-7,10-11,20-21H,3,8-9,12H2,1-2H3. The molecule has 2 aromatic carbocycles. The first-order valence-corrected chi connectivity index (χ1v) is 8.12. The molecule has 0 aliphatic rings. The molecule has 0 amide bonds. The lowest BCUT2D eigenvalue weighted by atomic mass is 10.2. The molecule has 0 aliphatic heterocycles. The van der Waals surface area contributed by atoms with Crippen LogP contribution in [0.4, 0.5) is 5.69 Å². The number of methoxy groups -OCH3 is 1. The van der Waals surface area contributed by atoms with Crippen LogP contribution in [0.5, 0.6) is 17.2 Å². The summed E-state index contributed by atoms with van der Waals surface area (Å²) in [5.74, 6) is 1.94. The van der Waals surface area contributed by atoms with Gasteiger partial charge in [0, 0.05) is 12.2 Å². The summed E-state index contributed by atoms with van der Waals surface area (Å²) in [6, 6.07) is 11.3. The van der Waals surface area contributed by atoms with Gasteiger partial charge in [-0.2, -0.15) is 0 Å². The molecule has 0 atom stereocenters. The van der Waals surface area contributed by atoms with Crippen LogP contribution in [0, 0.1) is 0 Å². The van der Waals surface area contributed by atoms with Gasteiger partial charge in [0.15, 0.2) is 11.5 Å². The Kier molecular flexibility index (Phi) is 7.03. The Morgan fingerprint density at radius 2 is 1.83 bits per heavy atom. The van der Waals surface area contributed by atoms with Crippen LogP contribution in [0.1, 0.15) is 12.5 Å². The van der Waals surface area contributed by atoms with Crippen molar-refractivity contribution >= 4 is 17.3 Å². The maximum Gasteiger partial charge on any atom is 0.161 e. The van der Waals surface area contributed by atoms with Crippen molar-refractivity contribution in [1.82, 2.24) is 0 Å². The second-order valence-corrected chi connectivity index (χ2v) is 5.40. The maximum atomic E-state index is 8.88. The highest BCUT2D eigenvalue weighted by Gasteiger charge is 2.07. The molecule has 24 heavy (non-hydrogen) atoms. The Bertz CT molecular complexity index is 663. The second kappa shape index (κ2) is 9.25. The number of aliphatic hydroxyl groups is 1. The molecule has 0 spiro atoms. The molecule has 0 radical (unpaired) electrons. The van der Waals surface area contributed by atoms with Crippen molar-refractivity contribution in [1.29, 1.82) is 0 Å². The Morgan fingerprint density at radius 3 is 2.50 bits per heavy atom. The molecule has 2 aromatic rings.